The highest BCUT2D eigenvalue weighted by Crippen LogP contribution is 2.19. The number of nitrogens with one attached hydrogen (secondary N) is 1. The van der Waals surface area contributed by atoms with Gasteiger partial charge in [0.2, 0.25) is 5.95 Å². The van der Waals surface area contributed by atoms with Gasteiger partial charge >= 0.3 is 5.97 Å². The molecule has 0 saturated carbocycles. The number of anilines is 2. The van der Waals surface area contributed by atoms with Crippen molar-refractivity contribution in [2.45, 2.75) is 6.61 Å². The number of methoxy groups -OCH3 is 1. The summed E-state index contributed by atoms with van der Waals surface area (Å²) in [6, 6.07) is 14.1. The first-order valence-electron chi connectivity index (χ1n) is 8.41. The Kier molecular flexibility index (Phi) is 4.65. The van der Waals surface area contributed by atoms with Gasteiger partial charge in [-0.3, -0.25) is 0 Å². The number of carboxylic acid groups (broad SMARTS) is 1. The van der Waals surface area contributed by atoms with E-state index in [1.165, 1.54) is 12.1 Å². The van der Waals surface area contributed by atoms with Crippen LogP contribution < -0.4 is 5.32 Å². The first-order chi connectivity index (χ1) is 13.6. The van der Waals surface area contributed by atoms with Crippen LogP contribution in [0.3, 0.4) is 0 Å². The van der Waals surface area contributed by atoms with Crippen molar-refractivity contribution in [1.82, 2.24) is 25.0 Å². The molecule has 0 aliphatic rings. The van der Waals surface area contributed by atoms with Gasteiger partial charge in [-0.05, 0) is 35.9 Å². The number of fused-ring (bicyclic) bond motifs is 1. The number of aromatic carboxylic acids is 1. The van der Waals surface area contributed by atoms with Crippen LogP contribution in [0.25, 0.3) is 16.9 Å². The van der Waals surface area contributed by atoms with Crippen LogP contribution in [0.5, 0.6) is 0 Å². The highest BCUT2D eigenvalue weighted by molar-refractivity contribution is 5.89. The van der Waals surface area contributed by atoms with Crippen LogP contribution in [0.2, 0.25) is 0 Å². The molecule has 2 N–H and O–H groups in total. The van der Waals surface area contributed by atoms with Gasteiger partial charge in [-0.25, -0.2) is 9.78 Å². The number of nitrogens with zero attached hydrogens (tertiary/aromatic N) is 5. The van der Waals surface area contributed by atoms with Crippen LogP contribution in [0, 0.1) is 0 Å². The fourth-order valence-electron chi connectivity index (χ4n) is 2.77. The quantitative estimate of drug-likeness (QED) is 0.528. The van der Waals surface area contributed by atoms with Crippen LogP contribution in [0.4, 0.5) is 11.6 Å². The molecule has 0 fully saturated rings. The SMILES string of the molecule is COCc1cccc(-n2nnc3cnc(Nc4cccc(C(=O)O)c4)nc32)c1. The maximum atomic E-state index is 11.1. The van der Waals surface area contributed by atoms with Crippen molar-refractivity contribution >= 4 is 28.8 Å². The summed E-state index contributed by atoms with van der Waals surface area (Å²) in [4.78, 5) is 19.9. The minimum absolute atomic E-state index is 0.174. The largest absolute Gasteiger partial charge is 0.478 e. The molecule has 9 heteroatoms. The zero-order valence-corrected chi connectivity index (χ0v) is 14.9. The molecule has 4 rings (SSSR count). The average molecular weight is 376 g/mol. The Balaban J connectivity index is 1.69. The van der Waals surface area contributed by atoms with Crippen molar-refractivity contribution < 1.29 is 14.6 Å². The van der Waals surface area contributed by atoms with E-state index in [9.17, 15) is 4.79 Å². The van der Waals surface area contributed by atoms with Crippen LogP contribution in [-0.4, -0.2) is 43.1 Å². The highest BCUT2D eigenvalue weighted by atomic mass is 16.5. The molecule has 0 aliphatic carbocycles. The predicted molar refractivity (Wildman–Crippen MR) is 102 cm³/mol. The fraction of sp³-hybridized carbons (Fsp3) is 0.105. The number of rotatable bonds is 6. The van der Waals surface area contributed by atoms with Gasteiger partial charge in [-0.1, -0.05) is 23.4 Å². The average Bonchev–Trinajstić information content (AvgIpc) is 3.12. The molecule has 0 spiro atoms. The standard InChI is InChI=1S/C19H16N6O3/c1-28-11-12-4-2-7-15(8-12)25-17-16(23-24-25)10-20-19(22-17)21-14-6-3-5-13(9-14)18(26)27/h2-10H,11H2,1H3,(H,26,27)(H,20,21,22). The summed E-state index contributed by atoms with van der Waals surface area (Å²) < 4.78 is 6.80. The molecule has 0 radical (unpaired) electrons. The van der Waals surface area contributed by atoms with Gasteiger partial charge in [0.25, 0.3) is 0 Å². The molecule has 0 unspecified atom stereocenters. The summed E-state index contributed by atoms with van der Waals surface area (Å²) in [5, 5.41) is 20.4. The van der Waals surface area contributed by atoms with Gasteiger partial charge in [0, 0.05) is 12.8 Å². The minimum atomic E-state index is -1.00. The number of hydrogen-bond acceptors (Lipinski definition) is 7. The maximum Gasteiger partial charge on any atom is 0.335 e. The van der Waals surface area contributed by atoms with Crippen LogP contribution >= 0.6 is 0 Å². The van der Waals surface area contributed by atoms with E-state index in [0.29, 0.717) is 29.4 Å². The number of carboxylic acids is 1. The van der Waals surface area contributed by atoms with Gasteiger partial charge in [-0.2, -0.15) is 9.67 Å². The van der Waals surface area contributed by atoms with Gasteiger partial charge in [0.1, 0.15) is 0 Å². The van der Waals surface area contributed by atoms with Crippen molar-refractivity contribution in [1.29, 1.82) is 0 Å². The smallest absolute Gasteiger partial charge is 0.335 e. The topological polar surface area (TPSA) is 115 Å². The lowest BCUT2D eigenvalue weighted by Gasteiger charge is -2.07. The van der Waals surface area contributed by atoms with Crippen LogP contribution in [0.1, 0.15) is 15.9 Å². The van der Waals surface area contributed by atoms with E-state index in [2.05, 4.69) is 25.6 Å². The lowest BCUT2D eigenvalue weighted by atomic mass is 10.2. The first-order valence-corrected chi connectivity index (χ1v) is 8.41. The molecule has 0 saturated heterocycles. The Hall–Kier alpha value is -3.85. The Morgan fingerprint density at radius 2 is 2.07 bits per heavy atom. The summed E-state index contributed by atoms with van der Waals surface area (Å²) in [7, 11) is 1.64. The van der Waals surface area contributed by atoms with E-state index >= 15 is 0 Å². The first kappa shape index (κ1) is 17.6. The highest BCUT2D eigenvalue weighted by Gasteiger charge is 2.11. The molecule has 0 aliphatic heterocycles. The third-order valence-electron chi connectivity index (χ3n) is 4.02. The van der Waals surface area contributed by atoms with Crippen LogP contribution in [-0.2, 0) is 11.3 Å². The van der Waals surface area contributed by atoms with Crippen molar-refractivity contribution in [3.8, 4) is 5.69 Å². The van der Waals surface area contributed by atoms with E-state index in [0.717, 1.165) is 11.3 Å². The Morgan fingerprint density at radius 1 is 1.21 bits per heavy atom. The van der Waals surface area contributed by atoms with Crippen molar-refractivity contribution in [3.05, 3.63) is 65.9 Å². The number of ether oxygens (including phenoxy) is 1. The monoisotopic (exact) mass is 376 g/mol. The van der Waals surface area contributed by atoms with Gasteiger partial charge in [0.05, 0.1) is 24.1 Å². The third kappa shape index (κ3) is 3.51. The summed E-state index contributed by atoms with van der Waals surface area (Å²) in [6.45, 7) is 0.488. The molecule has 2 aromatic carbocycles. The molecule has 9 nitrogen and oxygen atoms in total. The minimum Gasteiger partial charge on any atom is -0.478 e. The van der Waals surface area contributed by atoms with Gasteiger partial charge in [-0.15, -0.1) is 5.10 Å². The zero-order chi connectivity index (χ0) is 19.5. The lowest BCUT2D eigenvalue weighted by molar-refractivity contribution is 0.0697. The van der Waals surface area contributed by atoms with Crippen LogP contribution in [0.15, 0.2) is 54.7 Å². The molecule has 0 atom stereocenters. The Morgan fingerprint density at radius 3 is 2.89 bits per heavy atom. The molecule has 2 aromatic heterocycles. The number of hydrogen-bond donors (Lipinski definition) is 2. The van der Waals surface area contributed by atoms with E-state index in [1.807, 2.05) is 24.3 Å². The molecule has 28 heavy (non-hydrogen) atoms. The zero-order valence-electron chi connectivity index (χ0n) is 14.9. The van der Waals surface area contributed by atoms with E-state index in [4.69, 9.17) is 9.84 Å². The molecule has 0 amide bonds. The number of benzene rings is 2. The Bertz CT molecular complexity index is 1160. The van der Waals surface area contributed by atoms with Crippen molar-refractivity contribution in [2.75, 3.05) is 12.4 Å². The molecular weight excluding hydrogens is 360 g/mol. The Labute approximate surface area is 159 Å². The molecule has 2 heterocycles. The second kappa shape index (κ2) is 7.41. The third-order valence-corrected chi connectivity index (χ3v) is 4.02. The normalized spacial score (nSPS) is 10.9. The summed E-state index contributed by atoms with van der Waals surface area (Å²) in [6.07, 6.45) is 1.56. The van der Waals surface area contributed by atoms with Gasteiger partial charge in [0.15, 0.2) is 11.2 Å². The second-order valence-corrected chi connectivity index (χ2v) is 6.02. The fourth-order valence-corrected chi connectivity index (χ4v) is 2.77. The molecule has 4 aromatic rings. The maximum absolute atomic E-state index is 11.1. The molecule has 0 bridgehead atoms. The van der Waals surface area contributed by atoms with E-state index in [1.54, 1.807) is 30.1 Å². The van der Waals surface area contributed by atoms with E-state index < -0.39 is 5.97 Å². The summed E-state index contributed by atoms with van der Waals surface area (Å²) in [5.74, 6) is -0.690. The summed E-state index contributed by atoms with van der Waals surface area (Å²) in [5.41, 5.74) is 3.62. The summed E-state index contributed by atoms with van der Waals surface area (Å²) >= 11 is 0. The van der Waals surface area contributed by atoms with E-state index in [-0.39, 0.29) is 5.56 Å². The second-order valence-electron chi connectivity index (χ2n) is 6.02. The molecule has 140 valence electrons. The van der Waals surface area contributed by atoms with Gasteiger partial charge < -0.3 is 15.2 Å². The van der Waals surface area contributed by atoms with Crippen molar-refractivity contribution in [2.24, 2.45) is 0 Å². The lowest BCUT2D eigenvalue weighted by Crippen LogP contribution is -2.03. The van der Waals surface area contributed by atoms with Crippen molar-refractivity contribution in [3.63, 3.8) is 0 Å². The number of aromatic nitrogens is 5. The predicted octanol–water partition coefficient (Wildman–Crippen LogP) is 2.80. The molecular formula is C19H16N6O3. The number of carbonyl (C=O) groups is 1.